The number of nitrogens with one attached hydrogen (secondary N) is 1. The van der Waals surface area contributed by atoms with E-state index in [0.29, 0.717) is 0 Å². The van der Waals surface area contributed by atoms with Crippen LogP contribution in [-0.2, 0) is 4.79 Å². The number of nitrogens with zero attached hydrogens (tertiary/aromatic N) is 2. The van der Waals surface area contributed by atoms with Crippen LogP contribution >= 0.6 is 11.6 Å². The average molecular weight is 334 g/mol. The summed E-state index contributed by atoms with van der Waals surface area (Å²) in [6, 6.07) is 5.80. The van der Waals surface area contributed by atoms with Crippen molar-refractivity contribution in [2.24, 2.45) is 0 Å². The van der Waals surface area contributed by atoms with Crippen molar-refractivity contribution in [3.05, 3.63) is 44.5 Å². The van der Waals surface area contributed by atoms with Gasteiger partial charge in [-0.05, 0) is 25.0 Å². The zero-order valence-electron chi connectivity index (χ0n) is 12.4. The summed E-state index contributed by atoms with van der Waals surface area (Å²) < 4.78 is 0. The van der Waals surface area contributed by atoms with Gasteiger partial charge in [0.25, 0.3) is 11.6 Å². The van der Waals surface area contributed by atoms with E-state index in [9.17, 15) is 20.2 Å². The summed E-state index contributed by atoms with van der Waals surface area (Å²) in [7, 11) is 0. The first-order valence-electron chi connectivity index (χ1n) is 7.38. The van der Waals surface area contributed by atoms with E-state index in [0.717, 1.165) is 32.1 Å². The standard InChI is InChI=1S/C16H16ClN3O3/c17-15-7-6-14(20(22)23)9-11(15)8-12(10-18)16(21)19-13-4-2-1-3-5-13/h6-9,13H,1-5H2,(H,19,21)/b12-8+. The van der Waals surface area contributed by atoms with Gasteiger partial charge >= 0.3 is 0 Å². The molecule has 1 aliphatic carbocycles. The Labute approximate surface area is 138 Å². The van der Waals surface area contributed by atoms with Crippen LogP contribution in [0.3, 0.4) is 0 Å². The predicted octanol–water partition coefficient (Wildman–Crippen LogP) is 3.60. The van der Waals surface area contributed by atoms with Gasteiger partial charge in [0.15, 0.2) is 0 Å². The Morgan fingerprint density at radius 2 is 2.09 bits per heavy atom. The summed E-state index contributed by atoms with van der Waals surface area (Å²) in [6.45, 7) is 0. The van der Waals surface area contributed by atoms with Crippen LogP contribution < -0.4 is 5.32 Å². The lowest BCUT2D eigenvalue weighted by Crippen LogP contribution is -2.36. The molecule has 2 rings (SSSR count). The first kappa shape index (κ1) is 17.0. The molecule has 0 atom stereocenters. The van der Waals surface area contributed by atoms with Crippen LogP contribution in [0, 0.1) is 21.4 Å². The molecule has 7 heteroatoms. The van der Waals surface area contributed by atoms with Crippen molar-refractivity contribution in [2.45, 2.75) is 38.1 Å². The first-order chi connectivity index (χ1) is 11.0. The van der Waals surface area contributed by atoms with Crippen molar-refractivity contribution in [3.63, 3.8) is 0 Å². The van der Waals surface area contributed by atoms with E-state index in [4.69, 9.17) is 11.6 Å². The zero-order valence-corrected chi connectivity index (χ0v) is 13.2. The lowest BCUT2D eigenvalue weighted by molar-refractivity contribution is -0.384. The van der Waals surface area contributed by atoms with Crippen molar-refractivity contribution in [3.8, 4) is 6.07 Å². The largest absolute Gasteiger partial charge is 0.349 e. The molecule has 0 heterocycles. The van der Waals surface area contributed by atoms with E-state index in [1.54, 1.807) is 0 Å². The number of rotatable bonds is 4. The van der Waals surface area contributed by atoms with E-state index in [1.165, 1.54) is 24.3 Å². The lowest BCUT2D eigenvalue weighted by atomic mass is 9.95. The van der Waals surface area contributed by atoms with Gasteiger partial charge in [0.1, 0.15) is 11.6 Å². The third-order valence-electron chi connectivity index (χ3n) is 3.80. The Kier molecular flexibility index (Phi) is 5.72. The van der Waals surface area contributed by atoms with Gasteiger partial charge in [-0.2, -0.15) is 5.26 Å². The minimum Gasteiger partial charge on any atom is -0.349 e. The van der Waals surface area contributed by atoms with Gasteiger partial charge in [-0.3, -0.25) is 14.9 Å². The molecule has 1 saturated carbocycles. The number of hydrogen-bond donors (Lipinski definition) is 1. The first-order valence-corrected chi connectivity index (χ1v) is 7.75. The third-order valence-corrected chi connectivity index (χ3v) is 4.14. The summed E-state index contributed by atoms with van der Waals surface area (Å²) in [5.74, 6) is -0.470. The molecule has 0 aliphatic heterocycles. The van der Waals surface area contributed by atoms with Gasteiger partial charge < -0.3 is 5.32 Å². The fourth-order valence-corrected chi connectivity index (χ4v) is 2.74. The highest BCUT2D eigenvalue weighted by Gasteiger charge is 2.18. The van der Waals surface area contributed by atoms with Crippen molar-refractivity contribution in [2.75, 3.05) is 0 Å². The summed E-state index contributed by atoms with van der Waals surface area (Å²) in [5.41, 5.74) is 0.0137. The van der Waals surface area contributed by atoms with Crippen LogP contribution in [-0.4, -0.2) is 16.9 Å². The molecule has 1 amide bonds. The highest BCUT2D eigenvalue weighted by molar-refractivity contribution is 6.32. The van der Waals surface area contributed by atoms with Gasteiger partial charge in [-0.15, -0.1) is 0 Å². The Bertz CT molecular complexity index is 688. The van der Waals surface area contributed by atoms with Gasteiger partial charge in [-0.25, -0.2) is 0 Å². The summed E-state index contributed by atoms with van der Waals surface area (Å²) in [4.78, 5) is 22.5. The molecule has 1 N–H and O–H groups in total. The molecule has 0 unspecified atom stereocenters. The molecule has 0 bridgehead atoms. The van der Waals surface area contributed by atoms with E-state index < -0.39 is 10.8 Å². The summed E-state index contributed by atoms with van der Waals surface area (Å²) in [5, 5.41) is 23.1. The van der Waals surface area contributed by atoms with Gasteiger partial charge in [0.05, 0.1) is 4.92 Å². The average Bonchev–Trinajstić information content (AvgIpc) is 2.54. The summed E-state index contributed by atoms with van der Waals surface area (Å²) in [6.07, 6.45) is 6.38. The quantitative estimate of drug-likeness (QED) is 0.394. The van der Waals surface area contributed by atoms with Gasteiger partial charge in [-0.1, -0.05) is 30.9 Å². The molecule has 23 heavy (non-hydrogen) atoms. The number of benzene rings is 1. The second-order valence-corrected chi connectivity index (χ2v) is 5.85. The normalized spacial score (nSPS) is 15.7. The third kappa shape index (κ3) is 4.54. The molecule has 6 nitrogen and oxygen atoms in total. The second kappa shape index (κ2) is 7.75. The second-order valence-electron chi connectivity index (χ2n) is 5.44. The molecule has 1 aromatic carbocycles. The Morgan fingerprint density at radius 3 is 2.70 bits per heavy atom. The van der Waals surface area contributed by atoms with Crippen molar-refractivity contribution >= 4 is 29.3 Å². The van der Waals surface area contributed by atoms with E-state index in [-0.39, 0.29) is 27.9 Å². The van der Waals surface area contributed by atoms with Crippen LogP contribution in [0.25, 0.3) is 6.08 Å². The topological polar surface area (TPSA) is 96.0 Å². The predicted molar refractivity (Wildman–Crippen MR) is 86.7 cm³/mol. The number of hydrogen-bond acceptors (Lipinski definition) is 4. The number of nitro groups is 1. The zero-order chi connectivity index (χ0) is 16.8. The van der Waals surface area contributed by atoms with Crippen LogP contribution in [0.5, 0.6) is 0 Å². The molecular formula is C16H16ClN3O3. The molecular weight excluding hydrogens is 318 g/mol. The number of halogens is 1. The van der Waals surface area contributed by atoms with E-state index in [1.807, 2.05) is 6.07 Å². The molecule has 0 saturated heterocycles. The smallest absolute Gasteiger partial charge is 0.270 e. The minimum absolute atomic E-state index is 0.0774. The van der Waals surface area contributed by atoms with Gasteiger partial charge in [0.2, 0.25) is 0 Å². The molecule has 0 radical (unpaired) electrons. The van der Waals surface area contributed by atoms with E-state index in [2.05, 4.69) is 5.32 Å². The molecule has 1 aromatic rings. The van der Waals surface area contributed by atoms with Crippen LogP contribution in [0.15, 0.2) is 23.8 Å². The maximum atomic E-state index is 12.2. The van der Waals surface area contributed by atoms with Crippen LogP contribution in [0.4, 0.5) is 5.69 Å². The molecule has 1 aliphatic rings. The summed E-state index contributed by atoms with van der Waals surface area (Å²) >= 11 is 5.99. The van der Waals surface area contributed by atoms with Crippen LogP contribution in [0.2, 0.25) is 5.02 Å². The number of nitriles is 1. The van der Waals surface area contributed by atoms with Crippen molar-refractivity contribution < 1.29 is 9.72 Å². The van der Waals surface area contributed by atoms with E-state index >= 15 is 0 Å². The Hall–Kier alpha value is -2.39. The Morgan fingerprint density at radius 1 is 1.39 bits per heavy atom. The minimum atomic E-state index is -0.554. The lowest BCUT2D eigenvalue weighted by Gasteiger charge is -2.22. The highest BCUT2D eigenvalue weighted by atomic mass is 35.5. The van der Waals surface area contributed by atoms with Crippen molar-refractivity contribution in [1.29, 1.82) is 5.26 Å². The number of amides is 1. The number of non-ortho nitro benzene ring substituents is 1. The molecule has 120 valence electrons. The van der Waals surface area contributed by atoms with Crippen molar-refractivity contribution in [1.82, 2.24) is 5.32 Å². The maximum Gasteiger partial charge on any atom is 0.270 e. The monoisotopic (exact) mass is 333 g/mol. The van der Waals surface area contributed by atoms with Gasteiger partial charge in [0, 0.05) is 28.8 Å². The molecule has 0 aromatic heterocycles. The molecule has 0 spiro atoms. The Balaban J connectivity index is 2.20. The SMILES string of the molecule is N#C/C(=C\c1cc([N+](=O)[O-])ccc1Cl)C(=O)NC1CCCCC1. The van der Waals surface area contributed by atoms with Crippen LogP contribution in [0.1, 0.15) is 37.7 Å². The number of carbonyl (C=O) groups excluding carboxylic acids is 1. The number of nitro benzene ring substituents is 1. The molecule has 1 fully saturated rings. The highest BCUT2D eigenvalue weighted by Crippen LogP contribution is 2.24. The maximum absolute atomic E-state index is 12.2. The fourth-order valence-electron chi connectivity index (χ4n) is 2.57. The fraction of sp³-hybridized carbons (Fsp3) is 0.375. The number of carbonyl (C=O) groups is 1.